The molecule has 116 valence electrons. The van der Waals surface area contributed by atoms with Gasteiger partial charge in [-0.25, -0.2) is 0 Å². The van der Waals surface area contributed by atoms with Gasteiger partial charge in [0, 0.05) is 31.3 Å². The molecule has 2 aromatic rings. The van der Waals surface area contributed by atoms with Crippen LogP contribution in [0.15, 0.2) is 30.5 Å². The number of carbonyl (C=O) groups excluding carboxylic acids is 1. The van der Waals surface area contributed by atoms with Crippen LogP contribution >= 0.6 is 0 Å². The van der Waals surface area contributed by atoms with Gasteiger partial charge in [0.1, 0.15) is 5.75 Å². The van der Waals surface area contributed by atoms with Gasteiger partial charge in [0.2, 0.25) is 0 Å². The second-order valence-electron chi connectivity index (χ2n) is 5.51. The highest BCUT2D eigenvalue weighted by Gasteiger charge is 2.16. The Hall–Kier alpha value is -2.14. The minimum absolute atomic E-state index is 0.0628. The van der Waals surface area contributed by atoms with Crippen LogP contribution in [0.25, 0.3) is 10.9 Å². The van der Waals surface area contributed by atoms with Gasteiger partial charge >= 0.3 is 0 Å². The molecule has 1 aliphatic rings. The van der Waals surface area contributed by atoms with Crippen molar-refractivity contribution in [2.75, 3.05) is 26.9 Å². The third-order valence-corrected chi connectivity index (χ3v) is 4.09. The standard InChI is InChI=1S/C17H20N2O3/c1-21-13-2-3-16-15(10-13)14(4-7-18-16)17(20)19-11-12-5-8-22-9-6-12/h2-4,7,10,12H,5-6,8-9,11H2,1H3,(H,19,20). The number of nitrogens with zero attached hydrogens (tertiary/aromatic N) is 1. The summed E-state index contributed by atoms with van der Waals surface area (Å²) in [6, 6.07) is 7.31. The molecule has 2 heterocycles. The van der Waals surface area contributed by atoms with Crippen LogP contribution in [0.1, 0.15) is 23.2 Å². The average Bonchev–Trinajstić information content (AvgIpc) is 2.59. The summed E-state index contributed by atoms with van der Waals surface area (Å²) >= 11 is 0. The molecule has 1 N–H and O–H groups in total. The minimum Gasteiger partial charge on any atom is -0.497 e. The molecule has 0 atom stereocenters. The van der Waals surface area contributed by atoms with Crippen LogP contribution in [0.5, 0.6) is 5.75 Å². The van der Waals surface area contributed by atoms with E-state index in [1.54, 1.807) is 19.4 Å². The van der Waals surface area contributed by atoms with E-state index in [1.165, 1.54) is 0 Å². The van der Waals surface area contributed by atoms with Crippen molar-refractivity contribution in [3.05, 3.63) is 36.0 Å². The highest BCUT2D eigenvalue weighted by molar-refractivity contribution is 6.06. The number of carbonyl (C=O) groups is 1. The molecule has 3 rings (SSSR count). The van der Waals surface area contributed by atoms with E-state index in [1.807, 2.05) is 18.2 Å². The second-order valence-corrected chi connectivity index (χ2v) is 5.51. The lowest BCUT2D eigenvalue weighted by atomic mass is 10.00. The van der Waals surface area contributed by atoms with Gasteiger partial charge in [0.15, 0.2) is 0 Å². The number of ether oxygens (including phenoxy) is 2. The first-order chi connectivity index (χ1) is 10.8. The summed E-state index contributed by atoms with van der Waals surface area (Å²) < 4.78 is 10.6. The summed E-state index contributed by atoms with van der Waals surface area (Å²) in [5, 5.41) is 3.85. The predicted octanol–water partition coefficient (Wildman–Crippen LogP) is 2.40. The molecule has 0 spiro atoms. The maximum Gasteiger partial charge on any atom is 0.252 e. The zero-order valence-corrected chi connectivity index (χ0v) is 12.7. The van der Waals surface area contributed by atoms with E-state index >= 15 is 0 Å². The summed E-state index contributed by atoms with van der Waals surface area (Å²) in [5.41, 5.74) is 1.43. The van der Waals surface area contributed by atoms with Crippen molar-refractivity contribution in [1.82, 2.24) is 10.3 Å². The summed E-state index contributed by atoms with van der Waals surface area (Å²) in [4.78, 5) is 16.8. The Balaban J connectivity index is 1.77. The normalized spacial score (nSPS) is 15.7. The van der Waals surface area contributed by atoms with Gasteiger partial charge in [-0.15, -0.1) is 0 Å². The third kappa shape index (κ3) is 3.20. The Bertz CT molecular complexity index is 666. The summed E-state index contributed by atoms with van der Waals surface area (Å²) in [6.45, 7) is 2.27. The molecule has 5 heteroatoms. The maximum atomic E-state index is 12.5. The molecule has 22 heavy (non-hydrogen) atoms. The molecule has 1 amide bonds. The third-order valence-electron chi connectivity index (χ3n) is 4.09. The van der Waals surface area contributed by atoms with Crippen LogP contribution in [-0.2, 0) is 4.74 Å². The zero-order chi connectivity index (χ0) is 15.4. The molecule has 1 aliphatic heterocycles. The fourth-order valence-electron chi connectivity index (χ4n) is 2.73. The molecule has 0 aliphatic carbocycles. The SMILES string of the molecule is COc1ccc2nccc(C(=O)NCC3CCOCC3)c2c1. The number of nitrogens with one attached hydrogen (secondary N) is 1. The van der Waals surface area contributed by atoms with Crippen molar-refractivity contribution in [2.24, 2.45) is 5.92 Å². The van der Waals surface area contributed by atoms with Crippen molar-refractivity contribution in [2.45, 2.75) is 12.8 Å². The Morgan fingerprint density at radius 3 is 2.95 bits per heavy atom. The zero-order valence-electron chi connectivity index (χ0n) is 12.7. The van der Waals surface area contributed by atoms with Crippen LogP contribution < -0.4 is 10.1 Å². The summed E-state index contributed by atoms with van der Waals surface area (Å²) in [5.74, 6) is 1.16. The van der Waals surface area contributed by atoms with E-state index < -0.39 is 0 Å². The first-order valence-electron chi connectivity index (χ1n) is 7.56. The number of hydrogen-bond acceptors (Lipinski definition) is 4. The largest absolute Gasteiger partial charge is 0.497 e. The Kier molecular flexibility index (Phi) is 4.53. The van der Waals surface area contributed by atoms with Crippen LogP contribution in [0.3, 0.4) is 0 Å². The molecule has 1 aromatic heterocycles. The molecule has 1 aromatic carbocycles. The highest BCUT2D eigenvalue weighted by atomic mass is 16.5. The van der Waals surface area contributed by atoms with Crippen LogP contribution in [0, 0.1) is 5.92 Å². The van der Waals surface area contributed by atoms with Crippen molar-refractivity contribution < 1.29 is 14.3 Å². The lowest BCUT2D eigenvalue weighted by Crippen LogP contribution is -2.32. The van der Waals surface area contributed by atoms with E-state index in [-0.39, 0.29) is 5.91 Å². The van der Waals surface area contributed by atoms with Gasteiger partial charge in [-0.1, -0.05) is 0 Å². The van der Waals surface area contributed by atoms with Gasteiger partial charge in [-0.05, 0) is 43.0 Å². The molecule has 5 nitrogen and oxygen atoms in total. The average molecular weight is 300 g/mol. The lowest BCUT2D eigenvalue weighted by Gasteiger charge is -2.22. The van der Waals surface area contributed by atoms with Crippen molar-refractivity contribution in [3.8, 4) is 5.75 Å². The maximum absolute atomic E-state index is 12.5. The monoisotopic (exact) mass is 300 g/mol. The first kappa shape index (κ1) is 14.8. The number of hydrogen-bond donors (Lipinski definition) is 1. The Morgan fingerprint density at radius 2 is 2.18 bits per heavy atom. The minimum atomic E-state index is -0.0628. The van der Waals surface area contributed by atoms with E-state index in [2.05, 4.69) is 10.3 Å². The lowest BCUT2D eigenvalue weighted by molar-refractivity contribution is 0.0643. The number of pyridine rings is 1. The van der Waals surface area contributed by atoms with Gasteiger partial charge in [0.05, 0.1) is 18.2 Å². The predicted molar refractivity (Wildman–Crippen MR) is 84.2 cm³/mol. The molecular formula is C17H20N2O3. The van der Waals surface area contributed by atoms with Crippen molar-refractivity contribution in [1.29, 1.82) is 0 Å². The topological polar surface area (TPSA) is 60.5 Å². The molecule has 0 bridgehead atoms. The van der Waals surface area contributed by atoms with Gasteiger partial charge in [0.25, 0.3) is 5.91 Å². The fraction of sp³-hybridized carbons (Fsp3) is 0.412. The second kappa shape index (κ2) is 6.75. The number of methoxy groups -OCH3 is 1. The highest BCUT2D eigenvalue weighted by Crippen LogP contribution is 2.22. The number of amides is 1. The molecule has 0 saturated carbocycles. The van der Waals surface area contributed by atoms with Gasteiger partial charge < -0.3 is 14.8 Å². The van der Waals surface area contributed by atoms with Crippen molar-refractivity contribution in [3.63, 3.8) is 0 Å². The van der Waals surface area contributed by atoms with Gasteiger partial charge in [-0.2, -0.15) is 0 Å². The first-order valence-corrected chi connectivity index (χ1v) is 7.56. The molecule has 0 radical (unpaired) electrons. The van der Waals surface area contributed by atoms with E-state index in [0.717, 1.165) is 42.7 Å². The Morgan fingerprint density at radius 1 is 1.36 bits per heavy atom. The van der Waals surface area contributed by atoms with Gasteiger partial charge in [-0.3, -0.25) is 9.78 Å². The smallest absolute Gasteiger partial charge is 0.252 e. The number of fused-ring (bicyclic) bond motifs is 1. The molecule has 1 fully saturated rings. The molecule has 0 unspecified atom stereocenters. The van der Waals surface area contributed by atoms with E-state index in [0.29, 0.717) is 18.0 Å². The quantitative estimate of drug-likeness (QED) is 0.942. The molecular weight excluding hydrogens is 280 g/mol. The van der Waals surface area contributed by atoms with E-state index in [4.69, 9.17) is 9.47 Å². The van der Waals surface area contributed by atoms with Crippen LogP contribution in [0.2, 0.25) is 0 Å². The van der Waals surface area contributed by atoms with Crippen LogP contribution in [0.4, 0.5) is 0 Å². The number of aromatic nitrogens is 1. The van der Waals surface area contributed by atoms with Crippen LogP contribution in [-0.4, -0.2) is 37.8 Å². The fourth-order valence-corrected chi connectivity index (χ4v) is 2.73. The van der Waals surface area contributed by atoms with Crippen molar-refractivity contribution >= 4 is 16.8 Å². The number of benzene rings is 1. The summed E-state index contributed by atoms with van der Waals surface area (Å²) in [7, 11) is 1.61. The Labute approximate surface area is 129 Å². The summed E-state index contributed by atoms with van der Waals surface area (Å²) in [6.07, 6.45) is 3.68. The molecule has 1 saturated heterocycles. The number of rotatable bonds is 4. The van der Waals surface area contributed by atoms with E-state index in [9.17, 15) is 4.79 Å².